The molecular formula is C14H19N3OS. The van der Waals surface area contributed by atoms with E-state index in [1.54, 1.807) is 11.8 Å². The number of benzene rings is 1. The molecule has 0 saturated heterocycles. The van der Waals surface area contributed by atoms with Crippen LogP contribution in [-0.2, 0) is 5.75 Å². The molecule has 2 rings (SSSR count). The van der Waals surface area contributed by atoms with Crippen LogP contribution >= 0.6 is 11.8 Å². The number of thioether (sulfide) groups is 1. The summed E-state index contributed by atoms with van der Waals surface area (Å²) in [5.41, 5.74) is 7.08. The number of hydrogen-bond donors (Lipinski definition) is 1. The lowest BCUT2D eigenvalue weighted by Gasteiger charge is -2.09. The largest absolute Gasteiger partial charge is 0.339 e. The van der Waals surface area contributed by atoms with Gasteiger partial charge in [0.25, 0.3) is 0 Å². The van der Waals surface area contributed by atoms with Crippen molar-refractivity contribution in [3.05, 3.63) is 41.5 Å². The predicted molar refractivity (Wildman–Crippen MR) is 77.1 cm³/mol. The number of nitrogens with two attached hydrogens (primary N) is 1. The normalized spacial score (nSPS) is 14.3. The fraction of sp³-hybridized carbons (Fsp3) is 0.429. The van der Waals surface area contributed by atoms with Crippen LogP contribution < -0.4 is 5.73 Å². The first-order valence-electron chi connectivity index (χ1n) is 6.34. The molecule has 0 bridgehead atoms. The van der Waals surface area contributed by atoms with Gasteiger partial charge >= 0.3 is 0 Å². The first kappa shape index (κ1) is 14.1. The second kappa shape index (κ2) is 6.21. The SMILES string of the molecule is Cc1cccc(SCc2noc(C(C)C(C)N)n2)c1. The van der Waals surface area contributed by atoms with Gasteiger partial charge in [-0.1, -0.05) is 29.8 Å². The van der Waals surface area contributed by atoms with Gasteiger partial charge in [0.2, 0.25) is 5.89 Å². The first-order chi connectivity index (χ1) is 9.06. The Morgan fingerprint density at radius 3 is 2.84 bits per heavy atom. The van der Waals surface area contributed by atoms with Crippen molar-refractivity contribution in [1.29, 1.82) is 0 Å². The molecule has 2 unspecified atom stereocenters. The van der Waals surface area contributed by atoms with E-state index in [9.17, 15) is 0 Å². The molecule has 0 radical (unpaired) electrons. The third-order valence-corrected chi connectivity index (χ3v) is 4.01. The molecule has 0 aliphatic carbocycles. The van der Waals surface area contributed by atoms with Gasteiger partial charge in [0.1, 0.15) is 0 Å². The summed E-state index contributed by atoms with van der Waals surface area (Å²) in [6.07, 6.45) is 0. The van der Waals surface area contributed by atoms with Crippen molar-refractivity contribution in [2.45, 2.75) is 43.4 Å². The van der Waals surface area contributed by atoms with E-state index in [2.05, 4.69) is 41.3 Å². The van der Waals surface area contributed by atoms with Crippen molar-refractivity contribution in [3.63, 3.8) is 0 Å². The van der Waals surface area contributed by atoms with Crippen LogP contribution in [0.5, 0.6) is 0 Å². The molecule has 4 nitrogen and oxygen atoms in total. The minimum Gasteiger partial charge on any atom is -0.339 e. The van der Waals surface area contributed by atoms with Gasteiger partial charge < -0.3 is 10.3 Å². The van der Waals surface area contributed by atoms with E-state index in [1.807, 2.05) is 13.8 Å². The van der Waals surface area contributed by atoms with E-state index in [0.717, 1.165) is 0 Å². The minimum absolute atomic E-state index is 0.0118. The molecule has 5 heteroatoms. The summed E-state index contributed by atoms with van der Waals surface area (Å²) in [5.74, 6) is 2.13. The first-order valence-corrected chi connectivity index (χ1v) is 7.32. The molecule has 2 aromatic rings. The Hall–Kier alpha value is -1.33. The molecule has 0 aliphatic heterocycles. The Morgan fingerprint density at radius 1 is 1.37 bits per heavy atom. The lowest BCUT2D eigenvalue weighted by Crippen LogP contribution is -2.22. The van der Waals surface area contributed by atoms with Crippen LogP contribution in [0.15, 0.2) is 33.7 Å². The third-order valence-electron chi connectivity index (χ3n) is 3.02. The molecule has 1 heterocycles. The van der Waals surface area contributed by atoms with Crippen molar-refractivity contribution in [2.75, 3.05) is 0 Å². The lowest BCUT2D eigenvalue weighted by molar-refractivity contribution is 0.344. The van der Waals surface area contributed by atoms with E-state index in [-0.39, 0.29) is 12.0 Å². The quantitative estimate of drug-likeness (QED) is 0.851. The zero-order chi connectivity index (χ0) is 13.8. The van der Waals surface area contributed by atoms with E-state index < -0.39 is 0 Å². The van der Waals surface area contributed by atoms with Gasteiger partial charge in [0, 0.05) is 10.9 Å². The molecule has 0 aliphatic rings. The maximum atomic E-state index is 5.83. The topological polar surface area (TPSA) is 64.9 Å². The highest BCUT2D eigenvalue weighted by atomic mass is 32.2. The van der Waals surface area contributed by atoms with Crippen LogP contribution in [0.1, 0.15) is 37.0 Å². The summed E-state index contributed by atoms with van der Waals surface area (Å²) in [7, 11) is 0. The summed E-state index contributed by atoms with van der Waals surface area (Å²) in [4.78, 5) is 5.60. The molecule has 0 fully saturated rings. The predicted octanol–water partition coefficient (Wildman–Crippen LogP) is 3.12. The zero-order valence-corrected chi connectivity index (χ0v) is 12.3. The Balaban J connectivity index is 1.97. The zero-order valence-electron chi connectivity index (χ0n) is 11.5. The van der Waals surface area contributed by atoms with Crippen LogP contribution in [-0.4, -0.2) is 16.2 Å². The average Bonchev–Trinajstić information content (AvgIpc) is 2.84. The highest BCUT2D eigenvalue weighted by Crippen LogP contribution is 2.23. The highest BCUT2D eigenvalue weighted by Gasteiger charge is 2.17. The highest BCUT2D eigenvalue weighted by molar-refractivity contribution is 7.98. The molecule has 1 aromatic carbocycles. The Kier molecular flexibility index (Phi) is 4.61. The summed E-state index contributed by atoms with van der Waals surface area (Å²) in [6.45, 7) is 6.02. The number of aryl methyl sites for hydroxylation is 1. The molecule has 2 N–H and O–H groups in total. The third kappa shape index (κ3) is 3.81. The van der Waals surface area contributed by atoms with Crippen molar-refractivity contribution in [2.24, 2.45) is 5.73 Å². The number of nitrogens with zero attached hydrogens (tertiary/aromatic N) is 2. The van der Waals surface area contributed by atoms with E-state index in [1.165, 1.54) is 10.5 Å². The van der Waals surface area contributed by atoms with Gasteiger partial charge in [0.15, 0.2) is 5.82 Å². The molecule has 19 heavy (non-hydrogen) atoms. The van der Waals surface area contributed by atoms with Gasteiger partial charge in [-0.2, -0.15) is 4.98 Å². The second-order valence-corrected chi connectivity index (χ2v) is 5.85. The van der Waals surface area contributed by atoms with E-state index in [4.69, 9.17) is 10.3 Å². The van der Waals surface area contributed by atoms with E-state index >= 15 is 0 Å². The number of rotatable bonds is 5. The summed E-state index contributed by atoms with van der Waals surface area (Å²) in [6, 6.07) is 8.38. The molecule has 0 saturated carbocycles. The van der Waals surface area contributed by atoms with Crippen molar-refractivity contribution < 1.29 is 4.52 Å². The number of hydrogen-bond acceptors (Lipinski definition) is 5. The summed E-state index contributed by atoms with van der Waals surface area (Å²) in [5, 5.41) is 3.99. The molecule has 102 valence electrons. The minimum atomic E-state index is 0.0118. The Morgan fingerprint density at radius 2 is 2.16 bits per heavy atom. The van der Waals surface area contributed by atoms with Crippen LogP contribution in [0, 0.1) is 6.92 Å². The second-order valence-electron chi connectivity index (χ2n) is 4.80. The van der Waals surface area contributed by atoms with Crippen LogP contribution in [0.3, 0.4) is 0 Å². The van der Waals surface area contributed by atoms with E-state index in [0.29, 0.717) is 17.5 Å². The van der Waals surface area contributed by atoms with Crippen LogP contribution in [0.2, 0.25) is 0 Å². The van der Waals surface area contributed by atoms with Crippen molar-refractivity contribution >= 4 is 11.8 Å². The maximum absolute atomic E-state index is 5.83. The van der Waals surface area contributed by atoms with Crippen molar-refractivity contribution in [1.82, 2.24) is 10.1 Å². The molecule has 0 amide bonds. The average molecular weight is 277 g/mol. The maximum Gasteiger partial charge on any atom is 0.231 e. The van der Waals surface area contributed by atoms with Gasteiger partial charge in [-0.05, 0) is 26.0 Å². The van der Waals surface area contributed by atoms with Gasteiger partial charge in [-0.3, -0.25) is 0 Å². The van der Waals surface area contributed by atoms with Crippen LogP contribution in [0.4, 0.5) is 0 Å². The monoisotopic (exact) mass is 277 g/mol. The molecular weight excluding hydrogens is 258 g/mol. The summed E-state index contributed by atoms with van der Waals surface area (Å²) >= 11 is 1.70. The Bertz CT molecular complexity index is 539. The van der Waals surface area contributed by atoms with Gasteiger partial charge in [-0.15, -0.1) is 11.8 Å². The molecule has 0 spiro atoms. The van der Waals surface area contributed by atoms with Gasteiger partial charge in [0.05, 0.1) is 11.7 Å². The molecule has 1 aromatic heterocycles. The smallest absolute Gasteiger partial charge is 0.231 e. The van der Waals surface area contributed by atoms with Gasteiger partial charge in [-0.25, -0.2) is 0 Å². The molecule has 2 atom stereocenters. The Labute approximate surface area is 117 Å². The fourth-order valence-electron chi connectivity index (χ4n) is 1.59. The van der Waals surface area contributed by atoms with Crippen LogP contribution in [0.25, 0.3) is 0 Å². The standard InChI is InChI=1S/C14H19N3OS/c1-9-5-4-6-12(7-9)19-8-13-16-14(18-17-13)10(2)11(3)15/h4-7,10-11H,8,15H2,1-3H3. The van der Waals surface area contributed by atoms with Crippen molar-refractivity contribution in [3.8, 4) is 0 Å². The summed E-state index contributed by atoms with van der Waals surface area (Å²) < 4.78 is 5.25. The lowest BCUT2D eigenvalue weighted by atomic mass is 10.1. The fourth-order valence-corrected chi connectivity index (χ4v) is 2.45. The number of aromatic nitrogens is 2.